The Labute approximate surface area is 170 Å². The van der Waals surface area contributed by atoms with Gasteiger partial charge in [0.2, 0.25) is 11.8 Å². The molecule has 5 rings (SSSR count). The van der Waals surface area contributed by atoms with Crippen LogP contribution in [0.15, 0.2) is 34.7 Å². The third kappa shape index (κ3) is 3.95. The van der Waals surface area contributed by atoms with Crippen molar-refractivity contribution in [3.8, 4) is 5.75 Å². The SMILES string of the molecule is C[C@@H](Nc1nnc(C2CC(Oc3ccccc3)C2)o1)C(=O)N1CCC2(CC1)CC2. The standard InChI is InChI=1S/C22H28N4O3/c1-15(20(27)26-11-9-22(7-8-22)10-12-26)23-21-25-24-19(29-21)16-13-18(14-16)28-17-5-3-2-4-6-17/h2-6,15-16,18H,7-14H2,1H3,(H,23,25)/t15-,16?,18?/m1/s1. The predicted octanol–water partition coefficient (Wildman–Crippen LogP) is 3.60. The Morgan fingerprint density at radius 1 is 1.17 bits per heavy atom. The van der Waals surface area contributed by atoms with Crippen LogP contribution in [0.3, 0.4) is 0 Å². The number of hydrogen-bond donors (Lipinski definition) is 1. The Bertz CT molecular complexity index is 848. The number of anilines is 1. The molecule has 0 unspecified atom stereocenters. The monoisotopic (exact) mass is 396 g/mol. The van der Waals surface area contributed by atoms with Crippen LogP contribution in [0.5, 0.6) is 5.75 Å². The lowest BCUT2D eigenvalue weighted by molar-refractivity contribution is -0.133. The number of nitrogens with one attached hydrogen (secondary N) is 1. The molecular weight excluding hydrogens is 368 g/mol. The minimum Gasteiger partial charge on any atom is -0.490 e. The topological polar surface area (TPSA) is 80.5 Å². The molecule has 29 heavy (non-hydrogen) atoms. The van der Waals surface area contributed by atoms with Gasteiger partial charge in [0.05, 0.1) is 0 Å². The largest absolute Gasteiger partial charge is 0.490 e. The van der Waals surface area contributed by atoms with Gasteiger partial charge in [-0.25, -0.2) is 0 Å². The van der Waals surface area contributed by atoms with Crippen LogP contribution in [0.4, 0.5) is 6.01 Å². The van der Waals surface area contributed by atoms with Gasteiger partial charge in [-0.15, -0.1) is 5.10 Å². The molecule has 154 valence electrons. The van der Waals surface area contributed by atoms with Crippen LogP contribution >= 0.6 is 0 Å². The van der Waals surface area contributed by atoms with Crippen LogP contribution in [0.2, 0.25) is 0 Å². The molecular formula is C22H28N4O3. The number of nitrogens with zero attached hydrogens (tertiary/aromatic N) is 3. The van der Waals surface area contributed by atoms with Crippen molar-refractivity contribution in [3.63, 3.8) is 0 Å². The van der Waals surface area contributed by atoms with Crippen LogP contribution in [0.1, 0.15) is 57.3 Å². The summed E-state index contributed by atoms with van der Waals surface area (Å²) in [6.07, 6.45) is 6.87. The highest BCUT2D eigenvalue weighted by Crippen LogP contribution is 2.53. The first-order valence-corrected chi connectivity index (χ1v) is 10.7. The summed E-state index contributed by atoms with van der Waals surface area (Å²) in [6, 6.07) is 9.80. The van der Waals surface area contributed by atoms with Gasteiger partial charge in [-0.1, -0.05) is 23.3 Å². The zero-order valence-corrected chi connectivity index (χ0v) is 16.8. The summed E-state index contributed by atoms with van der Waals surface area (Å²) in [5.74, 6) is 1.84. The Kier molecular flexibility index (Phi) is 4.68. The number of aromatic nitrogens is 2. The number of carbonyl (C=O) groups is 1. The highest BCUT2D eigenvalue weighted by molar-refractivity contribution is 5.83. The first-order chi connectivity index (χ1) is 14.1. The summed E-state index contributed by atoms with van der Waals surface area (Å²) in [5, 5.41) is 11.3. The number of para-hydroxylation sites is 1. The average Bonchev–Trinajstić information content (AvgIpc) is 3.31. The molecule has 2 aromatic rings. The van der Waals surface area contributed by atoms with E-state index in [0.29, 0.717) is 17.3 Å². The summed E-state index contributed by atoms with van der Waals surface area (Å²) in [7, 11) is 0. The van der Waals surface area contributed by atoms with Crippen LogP contribution in [-0.2, 0) is 4.79 Å². The summed E-state index contributed by atoms with van der Waals surface area (Å²) < 4.78 is 11.7. The third-order valence-corrected chi connectivity index (χ3v) is 6.73. The maximum absolute atomic E-state index is 12.7. The number of ether oxygens (including phenoxy) is 1. The van der Waals surface area contributed by atoms with Crippen molar-refractivity contribution in [2.24, 2.45) is 5.41 Å². The van der Waals surface area contributed by atoms with E-state index in [1.54, 1.807) is 0 Å². The molecule has 2 heterocycles. The Hall–Kier alpha value is -2.57. The molecule has 1 amide bonds. The number of piperidine rings is 1. The van der Waals surface area contributed by atoms with Gasteiger partial charge in [-0.2, -0.15) is 0 Å². The molecule has 0 bridgehead atoms. The molecule has 1 aromatic heterocycles. The lowest BCUT2D eigenvalue weighted by Gasteiger charge is -2.33. The zero-order valence-electron chi connectivity index (χ0n) is 16.8. The van der Waals surface area contributed by atoms with Gasteiger partial charge in [0.25, 0.3) is 0 Å². The fourth-order valence-electron chi connectivity index (χ4n) is 4.41. The second-order valence-corrected chi connectivity index (χ2v) is 8.86. The summed E-state index contributed by atoms with van der Waals surface area (Å²) in [5.41, 5.74) is 0.569. The van der Waals surface area contributed by atoms with Gasteiger partial charge in [0, 0.05) is 19.0 Å². The molecule has 1 aliphatic heterocycles. The zero-order chi connectivity index (χ0) is 19.8. The molecule has 2 aliphatic carbocycles. The lowest BCUT2D eigenvalue weighted by atomic mass is 9.82. The fraction of sp³-hybridized carbons (Fsp3) is 0.591. The quantitative estimate of drug-likeness (QED) is 0.804. The summed E-state index contributed by atoms with van der Waals surface area (Å²) in [4.78, 5) is 14.7. The first kappa shape index (κ1) is 18.5. The van der Waals surface area contributed by atoms with Crippen molar-refractivity contribution in [2.45, 2.75) is 63.5 Å². The van der Waals surface area contributed by atoms with Crippen LogP contribution in [0.25, 0.3) is 0 Å². The lowest BCUT2D eigenvalue weighted by Crippen LogP contribution is -2.45. The molecule has 1 N–H and O–H groups in total. The minimum absolute atomic E-state index is 0.111. The van der Waals surface area contributed by atoms with Gasteiger partial charge in [0.15, 0.2) is 0 Å². The normalized spacial score (nSPS) is 25.9. The molecule has 7 heteroatoms. The number of benzene rings is 1. The van der Waals surface area contributed by atoms with E-state index in [1.165, 1.54) is 12.8 Å². The van der Waals surface area contributed by atoms with E-state index in [2.05, 4.69) is 15.5 Å². The van der Waals surface area contributed by atoms with Gasteiger partial charge < -0.3 is 19.4 Å². The van der Waals surface area contributed by atoms with E-state index in [4.69, 9.17) is 9.15 Å². The average molecular weight is 396 g/mol. The van der Waals surface area contributed by atoms with Crippen molar-refractivity contribution in [1.82, 2.24) is 15.1 Å². The Balaban J connectivity index is 1.10. The summed E-state index contributed by atoms with van der Waals surface area (Å²) in [6.45, 7) is 3.59. The second-order valence-electron chi connectivity index (χ2n) is 8.86. The molecule has 3 aliphatic rings. The van der Waals surface area contributed by atoms with Gasteiger partial charge in [-0.05, 0) is 63.0 Å². The maximum Gasteiger partial charge on any atom is 0.316 e. The van der Waals surface area contributed by atoms with Gasteiger partial charge in [-0.3, -0.25) is 4.79 Å². The molecule has 1 spiro atoms. The van der Waals surface area contributed by atoms with E-state index in [9.17, 15) is 4.79 Å². The Morgan fingerprint density at radius 2 is 1.90 bits per heavy atom. The Morgan fingerprint density at radius 3 is 2.59 bits per heavy atom. The molecule has 1 saturated heterocycles. The van der Waals surface area contributed by atoms with Crippen LogP contribution in [0, 0.1) is 5.41 Å². The van der Waals surface area contributed by atoms with Crippen molar-refractivity contribution >= 4 is 11.9 Å². The highest BCUT2D eigenvalue weighted by Gasteiger charge is 2.45. The maximum atomic E-state index is 12.7. The van der Waals surface area contributed by atoms with Crippen molar-refractivity contribution in [2.75, 3.05) is 18.4 Å². The molecule has 2 saturated carbocycles. The molecule has 7 nitrogen and oxygen atoms in total. The van der Waals surface area contributed by atoms with Crippen molar-refractivity contribution in [3.05, 3.63) is 36.2 Å². The predicted molar refractivity (Wildman–Crippen MR) is 108 cm³/mol. The number of hydrogen-bond acceptors (Lipinski definition) is 6. The van der Waals surface area contributed by atoms with Crippen molar-refractivity contribution in [1.29, 1.82) is 0 Å². The third-order valence-electron chi connectivity index (χ3n) is 6.73. The van der Waals surface area contributed by atoms with Crippen LogP contribution < -0.4 is 10.1 Å². The minimum atomic E-state index is -0.368. The second kappa shape index (κ2) is 7.35. The van der Waals surface area contributed by atoms with Gasteiger partial charge >= 0.3 is 6.01 Å². The fourth-order valence-corrected chi connectivity index (χ4v) is 4.41. The number of carbonyl (C=O) groups excluding carboxylic acids is 1. The van der Waals surface area contributed by atoms with E-state index in [1.807, 2.05) is 42.2 Å². The van der Waals surface area contributed by atoms with E-state index in [0.717, 1.165) is 44.5 Å². The van der Waals surface area contributed by atoms with Crippen molar-refractivity contribution < 1.29 is 13.9 Å². The number of rotatable bonds is 6. The molecule has 1 aromatic carbocycles. The molecule has 3 fully saturated rings. The molecule has 0 radical (unpaired) electrons. The first-order valence-electron chi connectivity index (χ1n) is 10.7. The number of likely N-dealkylation sites (tertiary alicyclic amines) is 1. The van der Waals surface area contributed by atoms with Crippen LogP contribution in [-0.4, -0.2) is 46.2 Å². The van der Waals surface area contributed by atoms with Gasteiger partial charge in [0.1, 0.15) is 17.9 Å². The summed E-state index contributed by atoms with van der Waals surface area (Å²) >= 11 is 0. The number of amides is 1. The van der Waals surface area contributed by atoms with E-state index < -0.39 is 0 Å². The highest BCUT2D eigenvalue weighted by atomic mass is 16.5. The van der Waals surface area contributed by atoms with E-state index >= 15 is 0 Å². The van der Waals surface area contributed by atoms with E-state index in [-0.39, 0.29) is 24.0 Å². The molecule has 1 atom stereocenters. The smallest absolute Gasteiger partial charge is 0.316 e.